The van der Waals surface area contributed by atoms with E-state index in [0.717, 1.165) is 121 Å². The van der Waals surface area contributed by atoms with E-state index < -0.39 is 95.6 Å². The largest absolute Gasteiger partial charge is 0.492 e. The summed E-state index contributed by atoms with van der Waals surface area (Å²) >= 11 is 3.80. The molecule has 34 nitrogen and oxygen atoms in total. The fraction of sp³-hybridized carbons (Fsp3) is 0.677. The lowest BCUT2D eigenvalue weighted by atomic mass is 9.79. The molecule has 720 valence electrons. The molecule has 0 saturated carbocycles. The van der Waals surface area contributed by atoms with Gasteiger partial charge < -0.3 is 102 Å². The first-order valence-corrected chi connectivity index (χ1v) is 47.2. The molecule has 0 aromatic heterocycles. The van der Waals surface area contributed by atoms with Crippen LogP contribution >= 0.6 is 23.5 Å². The summed E-state index contributed by atoms with van der Waals surface area (Å²) in [5.74, 6) is -2.59. The molecule has 9 rings (SSSR count). The number of Topliss-reactive ketones (excluding diaryl/α,β-unsaturated/α-hetero) is 2. The molecule has 8 amide bonds. The van der Waals surface area contributed by atoms with Crippen LogP contribution in [-0.4, -0.2) is 237 Å². The Morgan fingerprint density at radius 3 is 1.37 bits per heavy atom. The van der Waals surface area contributed by atoms with Crippen LogP contribution in [0.2, 0.25) is 0 Å². The average molecular weight is 1850 g/mol. The Kier molecular flexibility index (Phi) is 45.4. The zero-order chi connectivity index (χ0) is 95.3. The Bertz CT molecular complexity index is 4190. The molecule has 5 saturated heterocycles. The van der Waals surface area contributed by atoms with Crippen molar-refractivity contribution in [3.8, 4) is 0 Å². The number of ketones is 4. The van der Waals surface area contributed by atoms with Gasteiger partial charge in [-0.25, -0.2) is 9.59 Å². The minimum Gasteiger partial charge on any atom is -0.492 e. The molecule has 6 unspecified atom stereocenters. The van der Waals surface area contributed by atoms with Gasteiger partial charge in [0.05, 0.1) is 70.8 Å². The standard InChI is InChI=1S/C44H66N6O10S.C28H38N2O9.C17H32N4O2S.C4H8O/c1-26-21-30-37(46-20-13-9-12-19-45-36(52)18-11-10-17-35-44(6)43(5,25-61-35)48-42(56)49-44)32(51)24-31(39(30)54)47-41(55)27(2)15-14-16-33(58-7)40(60-50-57)29(4)23-28(3)38(53)34(22-26)59-8;1-15-11-19-25(33)20(14-21(31)27(19)38-7)29-28(34)16(2)9-8-10-22(36-5)26(39-30-35)18(4)13-17(3)24(32)23(12-15)37-6;1-16-12-24-13(17(16,2)21-15(23)20-16)8-4-5-9-14(22)19-11-7-3-6-10-18;1-2-4-5-3-1/h14-16,23-24,26,28,33-35,38,40,46,53H,9-13,17-22,25H2,1-8H3,(H,45,52)(H,47,55)(H2,48,49,56);8-10,13-15,17,22-24,26,32H,11-12H2,1-7H3,(H,29,34);13H,3-12,18H2,1-2H3,(H,19,22)(H2,20,21,23);1-4H2/b16-14-,27-15+,29-23+;10-8-,16-9+,18-13+;;/t26-,28+,33+,34+,35?,38-,40+,43?,44?;15-,17+,22+,23+,24-,26+;;/m11../s1. The molecule has 2 aliphatic carbocycles. The quantitative estimate of drug-likeness (QED) is 0.00766. The van der Waals surface area contributed by atoms with Gasteiger partial charge in [-0.1, -0.05) is 95.6 Å². The molecule has 7 heterocycles. The summed E-state index contributed by atoms with van der Waals surface area (Å²) in [7, 11) is 7.15. The van der Waals surface area contributed by atoms with E-state index in [4.69, 9.17) is 43.8 Å². The number of rotatable bonds is 31. The fourth-order valence-electron chi connectivity index (χ4n) is 17.3. The van der Waals surface area contributed by atoms with Crippen LogP contribution in [0.5, 0.6) is 0 Å². The predicted molar refractivity (Wildman–Crippen MR) is 496 cm³/mol. The summed E-state index contributed by atoms with van der Waals surface area (Å²) in [6, 6.07) is -0.172. The summed E-state index contributed by atoms with van der Waals surface area (Å²) < 4.78 is 32.6. The van der Waals surface area contributed by atoms with Gasteiger partial charge in [0, 0.05) is 142 Å². The third-order valence-corrected chi connectivity index (χ3v) is 29.3. The van der Waals surface area contributed by atoms with Gasteiger partial charge in [0.1, 0.15) is 12.2 Å². The number of unbranched alkanes of at least 4 members (excludes halogenated alkanes) is 6. The van der Waals surface area contributed by atoms with Gasteiger partial charge in [0.25, 0.3) is 11.8 Å². The fourth-order valence-corrected chi connectivity index (χ4v) is 21.0. The molecule has 0 radical (unpaired) electrons. The molecule has 129 heavy (non-hydrogen) atoms. The first kappa shape index (κ1) is 109. The molecule has 36 heteroatoms. The molecule has 0 aromatic rings. The Hall–Kier alpha value is -8.72. The molecule has 4 bridgehead atoms. The number of nitrogens with two attached hydrogens (primary N) is 1. The van der Waals surface area contributed by atoms with Crippen LogP contribution in [0.15, 0.2) is 128 Å². The van der Waals surface area contributed by atoms with Gasteiger partial charge in [0.15, 0.2) is 28.6 Å². The van der Waals surface area contributed by atoms with Crippen LogP contribution < -0.4 is 53.6 Å². The van der Waals surface area contributed by atoms with Crippen LogP contribution in [0.4, 0.5) is 9.59 Å². The third kappa shape index (κ3) is 31.2. The minimum atomic E-state index is -0.982. The number of methoxy groups -OCH3 is 5. The van der Waals surface area contributed by atoms with Crippen molar-refractivity contribution in [2.45, 2.75) is 293 Å². The summed E-state index contributed by atoms with van der Waals surface area (Å²) in [4.78, 5) is 160. The highest BCUT2D eigenvalue weighted by Crippen LogP contribution is 2.49. The zero-order valence-corrected chi connectivity index (χ0v) is 80.1. The summed E-state index contributed by atoms with van der Waals surface area (Å²) in [5.41, 5.74) is 6.44. The second kappa shape index (κ2) is 53.7. The molecule has 0 aromatic carbocycles. The summed E-state index contributed by atoms with van der Waals surface area (Å²) in [5, 5.41) is 55.1. The molecule has 0 spiro atoms. The number of urea groups is 2. The SMILES string of the molecule is C1CCOC1.CC12CSC(CCCCC(=O)NCCCCCN)C1(C)NC(=O)N2.COC1=C2C[C@@H](C)C[C@H](OC)[C@H](O)[C@@H](C)/C=C(\C)[C@H](ON=O)[C@@H](OC)/C=C\C=C(/C)C(=O)NC(=CC1=O)C2=O.CO[C@H]1/C=C\C=C(/C)C(=O)NC2=CC(=O)C(NCCCCCNC(=O)CCCCC3SCC4(C)NC(=O)NC34C)=C(C[C@@H](C)C[C@H](OC)[C@H](O)[C@@H](C)/C=C(\C)[C@@H]1ON=O)C2=O. The molecule has 13 N–H and O–H groups in total. The van der Waals surface area contributed by atoms with E-state index in [9.17, 15) is 68.0 Å². The van der Waals surface area contributed by atoms with Gasteiger partial charge in [-0.3, -0.25) is 38.4 Å². The number of amides is 8. The monoisotopic (exact) mass is 1840 g/mol. The number of ether oxygens (including phenoxy) is 6. The normalized spacial score (nSPS) is 32.7. The van der Waals surface area contributed by atoms with Gasteiger partial charge >= 0.3 is 12.1 Å². The molecule has 7 aliphatic heterocycles. The highest BCUT2D eigenvalue weighted by Gasteiger charge is 2.62. The minimum absolute atomic E-state index is 0.00856. The van der Waals surface area contributed by atoms with Crippen LogP contribution in [0, 0.1) is 33.5 Å². The number of aliphatic hydroxyl groups is 2. The average Bonchev–Trinajstić information content (AvgIpc) is 1.58. The van der Waals surface area contributed by atoms with Crippen LogP contribution in [0.25, 0.3) is 0 Å². The number of fused-ring (bicyclic) bond motifs is 6. The summed E-state index contributed by atoms with van der Waals surface area (Å²) in [6.45, 7) is 26.8. The third-order valence-electron chi connectivity index (χ3n) is 25.6. The van der Waals surface area contributed by atoms with Gasteiger partial charge in [-0.05, 0) is 181 Å². The van der Waals surface area contributed by atoms with E-state index in [-0.39, 0.29) is 116 Å². The van der Waals surface area contributed by atoms with E-state index >= 15 is 0 Å². The second-order valence-corrected chi connectivity index (χ2v) is 38.1. The molecular formula is C93H144N12O22S2. The Morgan fingerprint density at radius 2 is 0.969 bits per heavy atom. The van der Waals surface area contributed by atoms with Crippen molar-refractivity contribution in [1.29, 1.82) is 0 Å². The number of aliphatic hydroxyl groups excluding tert-OH is 2. The van der Waals surface area contributed by atoms with Crippen molar-refractivity contribution in [3.63, 3.8) is 0 Å². The van der Waals surface area contributed by atoms with Crippen molar-refractivity contribution in [3.05, 3.63) is 127 Å². The maximum Gasteiger partial charge on any atom is 0.315 e. The van der Waals surface area contributed by atoms with Crippen LogP contribution in [0.1, 0.15) is 212 Å². The maximum atomic E-state index is 14.0. The lowest BCUT2D eigenvalue weighted by Crippen LogP contribution is -2.58. The highest BCUT2D eigenvalue weighted by molar-refractivity contribution is 8.00. The first-order valence-electron chi connectivity index (χ1n) is 45.1. The smallest absolute Gasteiger partial charge is 0.315 e. The lowest BCUT2D eigenvalue weighted by molar-refractivity contribution is -0.122. The number of nitrogens with one attached hydrogen (secondary N) is 9. The van der Waals surface area contributed by atoms with Crippen molar-refractivity contribution in [2.75, 3.05) is 86.4 Å². The van der Waals surface area contributed by atoms with Crippen LogP contribution in [-0.2, 0) is 76.5 Å². The van der Waals surface area contributed by atoms with E-state index in [2.05, 4.69) is 86.2 Å². The van der Waals surface area contributed by atoms with E-state index in [1.165, 1.54) is 60.5 Å². The molecule has 18 atom stereocenters. The van der Waals surface area contributed by atoms with Crippen molar-refractivity contribution >= 4 is 82.3 Å². The number of thioether (sulfide) groups is 2. The van der Waals surface area contributed by atoms with Crippen molar-refractivity contribution < 1.29 is 96.3 Å². The van der Waals surface area contributed by atoms with E-state index in [1.54, 1.807) is 71.1 Å². The Balaban J connectivity index is 0.000000319. The van der Waals surface area contributed by atoms with Crippen molar-refractivity contribution in [2.24, 2.45) is 40.1 Å². The number of carbonyl (C=O) groups excluding carboxylic acids is 10. The summed E-state index contributed by atoms with van der Waals surface area (Å²) in [6.07, 6.45) is 23.9. The first-order chi connectivity index (χ1) is 61.4. The van der Waals surface area contributed by atoms with Crippen LogP contribution in [0.3, 0.4) is 0 Å². The maximum absolute atomic E-state index is 14.0. The number of hydrogen-bond acceptors (Lipinski definition) is 28. The Morgan fingerprint density at radius 1 is 0.550 bits per heavy atom. The van der Waals surface area contributed by atoms with Gasteiger partial charge in [-0.15, -0.1) is 9.81 Å². The Labute approximate surface area is 768 Å². The van der Waals surface area contributed by atoms with Crippen molar-refractivity contribution in [1.82, 2.24) is 47.9 Å². The van der Waals surface area contributed by atoms with E-state index in [1.807, 2.05) is 44.3 Å². The number of allylic oxidation sites excluding steroid dienone is 8. The highest BCUT2D eigenvalue weighted by atomic mass is 32.2. The zero-order valence-electron chi connectivity index (χ0n) is 78.5. The lowest BCUT2D eigenvalue weighted by Gasteiger charge is -2.35. The van der Waals surface area contributed by atoms with Gasteiger partial charge in [-0.2, -0.15) is 23.5 Å². The number of carbonyl (C=O) groups is 10. The van der Waals surface area contributed by atoms with E-state index in [0.29, 0.717) is 66.8 Å². The predicted octanol–water partition coefficient (Wildman–Crippen LogP) is 10.3. The number of hydrogen-bond donors (Lipinski definition) is 12. The molecule has 9 aliphatic rings. The number of nitrogens with zero attached hydrogens (tertiary/aromatic N) is 2. The van der Waals surface area contributed by atoms with Gasteiger partial charge in [0.2, 0.25) is 34.9 Å². The molecule has 5 fully saturated rings. The molecular weight excluding hydrogens is 1700 g/mol. The topological polar surface area (TPSA) is 478 Å². The second-order valence-electron chi connectivity index (χ2n) is 35.7.